The van der Waals surface area contributed by atoms with E-state index in [1.54, 1.807) is 0 Å². The quantitative estimate of drug-likeness (QED) is 0.761. The molecule has 1 aromatic carbocycles. The minimum atomic E-state index is -0.312. The molecule has 0 bridgehead atoms. The predicted molar refractivity (Wildman–Crippen MR) is 58.2 cm³/mol. The summed E-state index contributed by atoms with van der Waals surface area (Å²) in [6.07, 6.45) is 0.759. The second-order valence-corrected chi connectivity index (χ2v) is 3.86. The fourth-order valence-electron chi connectivity index (χ4n) is 1.53. The highest BCUT2D eigenvalue weighted by atomic mass is 19.1. The Balaban J connectivity index is 2.48. The first-order valence-corrected chi connectivity index (χ1v) is 5.08. The lowest BCUT2D eigenvalue weighted by molar-refractivity contribution is 0.353. The molecule has 0 heterocycles. The van der Waals surface area contributed by atoms with Crippen molar-refractivity contribution >= 4 is 0 Å². The Morgan fingerprint density at radius 2 is 1.86 bits per heavy atom. The fourth-order valence-corrected chi connectivity index (χ4v) is 1.53. The molecule has 78 valence electrons. The molecule has 0 aliphatic heterocycles. The van der Waals surface area contributed by atoms with Gasteiger partial charge in [0.15, 0.2) is 0 Å². The highest BCUT2D eigenvalue weighted by molar-refractivity contribution is 5.15. The fraction of sp³-hybridized carbons (Fsp3) is 0.500. The summed E-state index contributed by atoms with van der Waals surface area (Å²) in [7, 11) is 0. The first-order chi connectivity index (χ1) is 6.72. The number of nitrogens with one attached hydrogen (secondary N) is 1. The molecule has 0 fully saturated rings. The first-order valence-electron chi connectivity index (χ1n) is 5.08. The molecule has 1 N–H and O–H groups in total. The molecule has 0 amide bonds. The Labute approximate surface area is 85.3 Å². The Kier molecular flexibility index (Phi) is 4.60. The van der Waals surface area contributed by atoms with Gasteiger partial charge in [0.25, 0.3) is 0 Å². The Hall–Kier alpha value is -0.890. The van der Waals surface area contributed by atoms with E-state index in [0.29, 0.717) is 6.04 Å². The van der Waals surface area contributed by atoms with Crippen molar-refractivity contribution in [1.82, 2.24) is 5.32 Å². The topological polar surface area (TPSA) is 12.0 Å². The molecule has 0 spiro atoms. The zero-order valence-electron chi connectivity index (χ0n) is 8.83. The van der Waals surface area contributed by atoms with Crippen LogP contribution in [0.3, 0.4) is 0 Å². The van der Waals surface area contributed by atoms with Gasteiger partial charge >= 0.3 is 0 Å². The third-order valence-corrected chi connectivity index (χ3v) is 2.08. The highest BCUT2D eigenvalue weighted by Gasteiger charge is 2.09. The summed E-state index contributed by atoms with van der Waals surface area (Å²) < 4.78 is 12.6. The zero-order valence-corrected chi connectivity index (χ0v) is 8.83. The van der Waals surface area contributed by atoms with Gasteiger partial charge in [-0.05, 0) is 12.0 Å². The molecule has 0 aliphatic carbocycles. The average Bonchev–Trinajstić information content (AvgIpc) is 2.17. The molecule has 2 heteroatoms. The van der Waals surface area contributed by atoms with Crippen LogP contribution in [-0.2, 0) is 6.42 Å². The highest BCUT2D eigenvalue weighted by Crippen LogP contribution is 2.04. The maximum atomic E-state index is 12.6. The van der Waals surface area contributed by atoms with Crippen LogP contribution in [0.1, 0.15) is 19.4 Å². The van der Waals surface area contributed by atoms with Crippen molar-refractivity contribution in [1.29, 1.82) is 0 Å². The third-order valence-electron chi connectivity index (χ3n) is 2.08. The van der Waals surface area contributed by atoms with Gasteiger partial charge in [-0.2, -0.15) is 0 Å². The maximum Gasteiger partial charge on any atom is 0.105 e. The molecule has 0 aliphatic rings. The molecule has 1 unspecified atom stereocenters. The van der Waals surface area contributed by atoms with Crippen LogP contribution in [0.5, 0.6) is 0 Å². The summed E-state index contributed by atoms with van der Waals surface area (Å²) in [5.74, 6) is 0. The monoisotopic (exact) mass is 195 g/mol. The molecule has 1 atom stereocenters. The number of rotatable bonds is 5. The van der Waals surface area contributed by atoms with Gasteiger partial charge in [0.05, 0.1) is 0 Å². The number of hydrogen-bond donors (Lipinski definition) is 1. The molecule has 0 saturated carbocycles. The van der Waals surface area contributed by atoms with Crippen molar-refractivity contribution < 1.29 is 4.39 Å². The minimum Gasteiger partial charge on any atom is -0.309 e. The Bertz CT molecular complexity index is 246. The van der Waals surface area contributed by atoms with E-state index in [2.05, 4.69) is 5.32 Å². The summed E-state index contributed by atoms with van der Waals surface area (Å²) in [4.78, 5) is 0. The summed E-state index contributed by atoms with van der Waals surface area (Å²) in [5, 5.41) is 3.20. The Morgan fingerprint density at radius 3 is 2.36 bits per heavy atom. The van der Waals surface area contributed by atoms with E-state index in [0.717, 1.165) is 6.42 Å². The molecule has 0 aromatic heterocycles. The summed E-state index contributed by atoms with van der Waals surface area (Å²) in [6, 6.07) is 10.3. The van der Waals surface area contributed by atoms with E-state index in [9.17, 15) is 4.39 Å². The van der Waals surface area contributed by atoms with Crippen molar-refractivity contribution in [2.75, 3.05) is 6.67 Å². The van der Waals surface area contributed by atoms with Gasteiger partial charge in [-0.25, -0.2) is 4.39 Å². The third kappa shape index (κ3) is 3.88. The largest absolute Gasteiger partial charge is 0.309 e. The lowest BCUT2D eigenvalue weighted by Crippen LogP contribution is -2.37. The molecular formula is C12H18FN. The molecular weight excluding hydrogens is 177 g/mol. The van der Waals surface area contributed by atoms with E-state index in [1.807, 2.05) is 44.2 Å². The van der Waals surface area contributed by atoms with Gasteiger partial charge < -0.3 is 5.32 Å². The van der Waals surface area contributed by atoms with Crippen LogP contribution in [0, 0.1) is 0 Å². The van der Waals surface area contributed by atoms with Crippen LogP contribution >= 0.6 is 0 Å². The van der Waals surface area contributed by atoms with E-state index in [1.165, 1.54) is 5.56 Å². The first kappa shape index (κ1) is 11.2. The SMILES string of the molecule is CC(C)NC(CF)Cc1ccccc1. The lowest BCUT2D eigenvalue weighted by Gasteiger charge is -2.18. The van der Waals surface area contributed by atoms with Crippen molar-refractivity contribution in [3.63, 3.8) is 0 Å². The second-order valence-electron chi connectivity index (χ2n) is 3.86. The lowest BCUT2D eigenvalue weighted by atomic mass is 10.1. The van der Waals surface area contributed by atoms with Crippen LogP contribution in [0.4, 0.5) is 4.39 Å². The maximum absolute atomic E-state index is 12.6. The molecule has 1 nitrogen and oxygen atoms in total. The minimum absolute atomic E-state index is 0.0580. The van der Waals surface area contributed by atoms with Crippen LogP contribution in [0.2, 0.25) is 0 Å². The number of alkyl halides is 1. The Morgan fingerprint density at radius 1 is 1.21 bits per heavy atom. The second kappa shape index (κ2) is 5.76. The van der Waals surface area contributed by atoms with E-state index >= 15 is 0 Å². The van der Waals surface area contributed by atoms with E-state index in [4.69, 9.17) is 0 Å². The molecule has 0 saturated heterocycles. The van der Waals surface area contributed by atoms with Crippen molar-refractivity contribution in [3.05, 3.63) is 35.9 Å². The van der Waals surface area contributed by atoms with Crippen LogP contribution < -0.4 is 5.32 Å². The number of benzene rings is 1. The van der Waals surface area contributed by atoms with Crippen molar-refractivity contribution in [2.24, 2.45) is 0 Å². The standard InChI is InChI=1S/C12H18FN/c1-10(2)14-12(9-13)8-11-6-4-3-5-7-11/h3-7,10,12,14H,8-9H2,1-2H3. The summed E-state index contributed by atoms with van der Waals surface area (Å²) >= 11 is 0. The van der Waals surface area contributed by atoms with Gasteiger partial charge in [-0.15, -0.1) is 0 Å². The number of hydrogen-bond acceptors (Lipinski definition) is 1. The summed E-state index contributed by atoms with van der Waals surface area (Å²) in [5.41, 5.74) is 1.18. The molecule has 1 rings (SSSR count). The van der Waals surface area contributed by atoms with Crippen LogP contribution in [0.15, 0.2) is 30.3 Å². The molecule has 1 aromatic rings. The van der Waals surface area contributed by atoms with Crippen molar-refractivity contribution in [3.8, 4) is 0 Å². The summed E-state index contributed by atoms with van der Waals surface area (Å²) in [6.45, 7) is 3.76. The van der Waals surface area contributed by atoms with Crippen LogP contribution in [-0.4, -0.2) is 18.8 Å². The van der Waals surface area contributed by atoms with Gasteiger partial charge in [0.2, 0.25) is 0 Å². The predicted octanol–water partition coefficient (Wildman–Crippen LogP) is 2.57. The molecule has 0 radical (unpaired) electrons. The van der Waals surface area contributed by atoms with E-state index in [-0.39, 0.29) is 12.7 Å². The average molecular weight is 195 g/mol. The van der Waals surface area contributed by atoms with Gasteiger partial charge in [-0.3, -0.25) is 0 Å². The van der Waals surface area contributed by atoms with Gasteiger partial charge in [0.1, 0.15) is 6.67 Å². The zero-order chi connectivity index (χ0) is 10.4. The van der Waals surface area contributed by atoms with Crippen LogP contribution in [0.25, 0.3) is 0 Å². The van der Waals surface area contributed by atoms with Gasteiger partial charge in [0, 0.05) is 12.1 Å². The van der Waals surface area contributed by atoms with Gasteiger partial charge in [-0.1, -0.05) is 44.2 Å². The molecule has 14 heavy (non-hydrogen) atoms. The van der Waals surface area contributed by atoms with Crippen molar-refractivity contribution in [2.45, 2.75) is 32.4 Å². The smallest absolute Gasteiger partial charge is 0.105 e. The normalized spacial score (nSPS) is 13.1. The van der Waals surface area contributed by atoms with E-state index < -0.39 is 0 Å². The number of halogens is 1.